The van der Waals surface area contributed by atoms with E-state index in [0.29, 0.717) is 6.61 Å². The number of carbonyl (C=O) groups excluding carboxylic acids is 1. The van der Waals surface area contributed by atoms with Crippen LogP contribution in [0.15, 0.2) is 30.6 Å². The summed E-state index contributed by atoms with van der Waals surface area (Å²) in [6.07, 6.45) is 5.56. The molecule has 4 nitrogen and oxygen atoms in total. The van der Waals surface area contributed by atoms with Crippen molar-refractivity contribution in [1.29, 1.82) is 0 Å². The smallest absolute Gasteiger partial charge is 0.419 e. The van der Waals surface area contributed by atoms with Crippen LogP contribution in [-0.2, 0) is 4.74 Å². The SMILES string of the molecule is CCCCCCOC(=O)n1cnc2ccccc21. The van der Waals surface area contributed by atoms with Crippen molar-refractivity contribution in [3.63, 3.8) is 0 Å². The Morgan fingerprint density at radius 3 is 2.94 bits per heavy atom. The highest BCUT2D eigenvalue weighted by Gasteiger charge is 2.09. The van der Waals surface area contributed by atoms with Gasteiger partial charge < -0.3 is 4.74 Å². The number of ether oxygens (including phenoxy) is 1. The molecule has 0 saturated carbocycles. The van der Waals surface area contributed by atoms with Crippen LogP contribution < -0.4 is 0 Å². The topological polar surface area (TPSA) is 44.1 Å². The van der Waals surface area contributed by atoms with Crippen molar-refractivity contribution in [2.75, 3.05) is 6.61 Å². The van der Waals surface area contributed by atoms with E-state index in [-0.39, 0.29) is 6.09 Å². The molecule has 0 aliphatic rings. The van der Waals surface area contributed by atoms with Gasteiger partial charge in [0.25, 0.3) is 0 Å². The molecule has 0 fully saturated rings. The molecular weight excluding hydrogens is 228 g/mol. The van der Waals surface area contributed by atoms with Gasteiger partial charge in [-0.3, -0.25) is 0 Å². The van der Waals surface area contributed by atoms with Crippen LogP contribution in [0.1, 0.15) is 32.6 Å². The fraction of sp³-hybridized carbons (Fsp3) is 0.429. The normalized spacial score (nSPS) is 10.7. The second kappa shape index (κ2) is 6.19. The Labute approximate surface area is 107 Å². The van der Waals surface area contributed by atoms with Crippen LogP contribution >= 0.6 is 0 Å². The van der Waals surface area contributed by atoms with Crippen molar-refractivity contribution >= 4 is 17.1 Å². The van der Waals surface area contributed by atoms with E-state index < -0.39 is 0 Å². The molecule has 0 bridgehead atoms. The lowest BCUT2D eigenvalue weighted by molar-refractivity contribution is 0.146. The van der Waals surface area contributed by atoms with Gasteiger partial charge in [0, 0.05) is 0 Å². The summed E-state index contributed by atoms with van der Waals surface area (Å²) in [5.74, 6) is 0. The van der Waals surface area contributed by atoms with Gasteiger partial charge in [0.2, 0.25) is 0 Å². The quantitative estimate of drug-likeness (QED) is 0.757. The van der Waals surface area contributed by atoms with E-state index in [9.17, 15) is 4.79 Å². The Kier molecular flexibility index (Phi) is 4.34. The lowest BCUT2D eigenvalue weighted by atomic mass is 10.2. The molecule has 4 heteroatoms. The molecule has 0 atom stereocenters. The van der Waals surface area contributed by atoms with Crippen LogP contribution in [0.2, 0.25) is 0 Å². The van der Waals surface area contributed by atoms with Crippen molar-refractivity contribution < 1.29 is 9.53 Å². The summed E-state index contributed by atoms with van der Waals surface area (Å²) in [6.45, 7) is 2.63. The molecule has 1 heterocycles. The van der Waals surface area contributed by atoms with Gasteiger partial charge in [0.15, 0.2) is 0 Å². The first-order valence-electron chi connectivity index (χ1n) is 6.42. The van der Waals surface area contributed by atoms with Gasteiger partial charge in [0.1, 0.15) is 6.33 Å². The van der Waals surface area contributed by atoms with E-state index in [0.717, 1.165) is 23.9 Å². The van der Waals surface area contributed by atoms with Crippen LogP contribution in [0.3, 0.4) is 0 Å². The highest BCUT2D eigenvalue weighted by Crippen LogP contribution is 2.12. The zero-order valence-electron chi connectivity index (χ0n) is 10.6. The second-order valence-electron chi connectivity index (χ2n) is 4.28. The minimum absolute atomic E-state index is 0.347. The number of fused-ring (bicyclic) bond motifs is 1. The molecule has 0 N–H and O–H groups in total. The first kappa shape index (κ1) is 12.6. The van der Waals surface area contributed by atoms with Gasteiger partial charge in [-0.15, -0.1) is 0 Å². The fourth-order valence-corrected chi connectivity index (χ4v) is 1.86. The number of rotatable bonds is 5. The number of hydrogen-bond donors (Lipinski definition) is 0. The van der Waals surface area contributed by atoms with Gasteiger partial charge in [-0.05, 0) is 18.6 Å². The fourth-order valence-electron chi connectivity index (χ4n) is 1.86. The molecule has 0 aliphatic heterocycles. The third-order valence-corrected chi connectivity index (χ3v) is 2.87. The maximum Gasteiger partial charge on any atom is 0.419 e. The van der Waals surface area contributed by atoms with Gasteiger partial charge >= 0.3 is 6.09 Å². The van der Waals surface area contributed by atoms with E-state index in [4.69, 9.17) is 4.74 Å². The van der Waals surface area contributed by atoms with Crippen LogP contribution in [0.4, 0.5) is 4.79 Å². The minimum Gasteiger partial charge on any atom is -0.449 e. The molecule has 0 unspecified atom stereocenters. The summed E-state index contributed by atoms with van der Waals surface area (Å²) in [5, 5.41) is 0. The molecule has 0 radical (unpaired) electrons. The summed E-state index contributed by atoms with van der Waals surface area (Å²) in [5.41, 5.74) is 1.59. The molecule has 2 rings (SSSR count). The van der Waals surface area contributed by atoms with E-state index in [2.05, 4.69) is 11.9 Å². The number of hydrogen-bond acceptors (Lipinski definition) is 3. The van der Waals surface area contributed by atoms with Crippen molar-refractivity contribution in [1.82, 2.24) is 9.55 Å². The molecule has 2 aromatic rings. The summed E-state index contributed by atoms with van der Waals surface area (Å²) < 4.78 is 6.68. The second-order valence-corrected chi connectivity index (χ2v) is 4.28. The van der Waals surface area contributed by atoms with Gasteiger partial charge in [-0.2, -0.15) is 0 Å². The van der Waals surface area contributed by atoms with E-state index in [1.807, 2.05) is 24.3 Å². The summed E-state index contributed by atoms with van der Waals surface area (Å²) in [4.78, 5) is 16.0. The van der Waals surface area contributed by atoms with Crippen molar-refractivity contribution in [2.24, 2.45) is 0 Å². The van der Waals surface area contributed by atoms with Crippen molar-refractivity contribution in [3.05, 3.63) is 30.6 Å². The molecule has 0 amide bonds. The third-order valence-electron chi connectivity index (χ3n) is 2.87. The van der Waals surface area contributed by atoms with Crippen LogP contribution in [0, 0.1) is 0 Å². The molecule has 0 spiro atoms. The van der Waals surface area contributed by atoms with E-state index in [1.54, 1.807) is 0 Å². The molecule has 0 saturated heterocycles. The summed E-state index contributed by atoms with van der Waals surface area (Å²) >= 11 is 0. The maximum atomic E-state index is 11.9. The van der Waals surface area contributed by atoms with Crippen LogP contribution in [0.5, 0.6) is 0 Å². The van der Waals surface area contributed by atoms with E-state index in [1.165, 1.54) is 23.7 Å². The molecule has 0 aliphatic carbocycles. The third kappa shape index (κ3) is 2.88. The number of nitrogens with zero attached hydrogens (tertiary/aromatic N) is 2. The number of carbonyl (C=O) groups is 1. The standard InChI is InChI=1S/C14H18N2O2/c1-2-3-4-7-10-18-14(17)16-11-15-12-8-5-6-9-13(12)16/h5-6,8-9,11H,2-4,7,10H2,1H3. The molecule has 1 aromatic carbocycles. The number of benzene rings is 1. The first-order valence-corrected chi connectivity index (χ1v) is 6.42. The van der Waals surface area contributed by atoms with Crippen LogP contribution in [0.25, 0.3) is 11.0 Å². The maximum absolute atomic E-state index is 11.9. The molecule has 96 valence electrons. The Morgan fingerprint density at radius 2 is 2.11 bits per heavy atom. The average molecular weight is 246 g/mol. The lowest BCUT2D eigenvalue weighted by Crippen LogP contribution is -2.13. The van der Waals surface area contributed by atoms with E-state index >= 15 is 0 Å². The van der Waals surface area contributed by atoms with Gasteiger partial charge in [0.05, 0.1) is 17.6 Å². The zero-order valence-corrected chi connectivity index (χ0v) is 10.6. The molecular formula is C14H18N2O2. The Balaban J connectivity index is 1.93. The number of unbranched alkanes of at least 4 members (excludes halogenated alkanes) is 3. The lowest BCUT2D eigenvalue weighted by Gasteiger charge is -2.05. The van der Waals surface area contributed by atoms with Crippen molar-refractivity contribution in [3.8, 4) is 0 Å². The Morgan fingerprint density at radius 1 is 1.28 bits per heavy atom. The van der Waals surface area contributed by atoms with Gasteiger partial charge in [-0.25, -0.2) is 14.3 Å². The first-order chi connectivity index (χ1) is 8.83. The molecule has 1 aromatic heterocycles. The highest BCUT2D eigenvalue weighted by atomic mass is 16.5. The monoisotopic (exact) mass is 246 g/mol. The van der Waals surface area contributed by atoms with Crippen LogP contribution in [-0.4, -0.2) is 22.3 Å². The number of para-hydroxylation sites is 2. The van der Waals surface area contributed by atoms with Crippen molar-refractivity contribution in [2.45, 2.75) is 32.6 Å². The minimum atomic E-state index is -0.347. The zero-order chi connectivity index (χ0) is 12.8. The predicted molar refractivity (Wildman–Crippen MR) is 70.6 cm³/mol. The summed E-state index contributed by atoms with van der Waals surface area (Å²) in [6, 6.07) is 7.52. The summed E-state index contributed by atoms with van der Waals surface area (Å²) in [7, 11) is 0. The molecule has 18 heavy (non-hydrogen) atoms. The highest BCUT2D eigenvalue weighted by molar-refractivity contribution is 5.86. The van der Waals surface area contributed by atoms with Gasteiger partial charge in [-0.1, -0.05) is 38.3 Å². The Bertz CT molecular complexity index is 519. The Hall–Kier alpha value is -1.84. The predicted octanol–water partition coefficient (Wildman–Crippen LogP) is 3.60. The average Bonchev–Trinajstić information content (AvgIpc) is 2.82. The number of aromatic nitrogens is 2. The largest absolute Gasteiger partial charge is 0.449 e. The number of imidazole rings is 1.